The van der Waals surface area contributed by atoms with E-state index >= 15 is 0 Å². The van der Waals surface area contributed by atoms with Crippen molar-refractivity contribution in [3.63, 3.8) is 0 Å². The van der Waals surface area contributed by atoms with Crippen molar-refractivity contribution >= 4 is 17.3 Å². The van der Waals surface area contributed by atoms with Gasteiger partial charge in [-0.1, -0.05) is 0 Å². The summed E-state index contributed by atoms with van der Waals surface area (Å²) in [6, 6.07) is 2.76. The Bertz CT molecular complexity index is 532. The third kappa shape index (κ3) is 3.98. The average Bonchev–Trinajstić information content (AvgIpc) is 2.46. The van der Waals surface area contributed by atoms with E-state index in [0.29, 0.717) is 18.0 Å². The van der Waals surface area contributed by atoms with Gasteiger partial charge in [-0.15, -0.1) is 0 Å². The number of nitro groups is 1. The quantitative estimate of drug-likeness (QED) is 0.577. The highest BCUT2D eigenvalue weighted by molar-refractivity contribution is 5.72. The van der Waals surface area contributed by atoms with Crippen LogP contribution in [0.5, 0.6) is 11.5 Å². The van der Waals surface area contributed by atoms with Crippen LogP contribution >= 0.6 is 0 Å². The zero-order chi connectivity index (χ0) is 16.0. The minimum absolute atomic E-state index is 0.112. The summed E-state index contributed by atoms with van der Waals surface area (Å²) in [4.78, 5) is 23.0. The van der Waals surface area contributed by atoms with Gasteiger partial charge in [-0.25, -0.2) is 0 Å². The Morgan fingerprint density at radius 2 is 1.90 bits per heavy atom. The van der Waals surface area contributed by atoms with E-state index in [4.69, 9.17) is 14.6 Å². The normalized spacial score (nSPS) is 10.0. The molecule has 0 radical (unpaired) electrons. The summed E-state index contributed by atoms with van der Waals surface area (Å²) >= 11 is 0. The molecule has 0 aliphatic carbocycles. The third-order valence-electron chi connectivity index (χ3n) is 3.00. The van der Waals surface area contributed by atoms with Gasteiger partial charge in [0, 0.05) is 19.2 Å². The molecule has 0 aliphatic rings. The number of nitrogens with zero attached hydrogens (tertiary/aromatic N) is 2. The molecule has 0 atom stereocenters. The number of ether oxygens (including phenoxy) is 2. The predicted molar refractivity (Wildman–Crippen MR) is 76.3 cm³/mol. The highest BCUT2D eigenvalue weighted by Crippen LogP contribution is 2.39. The third-order valence-corrected chi connectivity index (χ3v) is 3.00. The van der Waals surface area contributed by atoms with E-state index in [1.54, 1.807) is 11.8 Å². The second kappa shape index (κ2) is 7.32. The molecule has 0 saturated heterocycles. The van der Waals surface area contributed by atoms with Crippen LogP contribution in [0, 0.1) is 10.1 Å². The van der Waals surface area contributed by atoms with Gasteiger partial charge < -0.3 is 19.5 Å². The lowest BCUT2D eigenvalue weighted by atomic mass is 10.2. The van der Waals surface area contributed by atoms with E-state index in [1.807, 2.05) is 0 Å². The van der Waals surface area contributed by atoms with Gasteiger partial charge in [-0.2, -0.15) is 0 Å². The van der Waals surface area contributed by atoms with Crippen LogP contribution in [0.2, 0.25) is 0 Å². The molecule has 8 nitrogen and oxygen atoms in total. The van der Waals surface area contributed by atoms with Gasteiger partial charge >= 0.3 is 5.97 Å². The Morgan fingerprint density at radius 3 is 2.33 bits per heavy atom. The molecule has 0 unspecified atom stereocenters. The van der Waals surface area contributed by atoms with E-state index in [1.165, 1.54) is 26.4 Å². The van der Waals surface area contributed by atoms with Gasteiger partial charge in [0.1, 0.15) is 5.69 Å². The molecule has 21 heavy (non-hydrogen) atoms. The molecule has 1 N–H and O–H groups in total. The summed E-state index contributed by atoms with van der Waals surface area (Å²) in [6.45, 7) is 2.40. The molecule has 0 spiro atoms. The van der Waals surface area contributed by atoms with Gasteiger partial charge in [0.25, 0.3) is 5.69 Å². The first kappa shape index (κ1) is 16.5. The molecule has 116 valence electrons. The van der Waals surface area contributed by atoms with E-state index in [2.05, 4.69) is 0 Å². The number of rotatable bonds is 8. The van der Waals surface area contributed by atoms with Crippen molar-refractivity contribution in [3.8, 4) is 11.5 Å². The Labute approximate surface area is 122 Å². The van der Waals surface area contributed by atoms with Crippen molar-refractivity contribution in [2.24, 2.45) is 0 Å². The number of carboxylic acid groups (broad SMARTS) is 1. The van der Waals surface area contributed by atoms with Gasteiger partial charge in [0.05, 0.1) is 31.6 Å². The van der Waals surface area contributed by atoms with Crippen molar-refractivity contribution in [3.05, 3.63) is 22.2 Å². The second-order valence-corrected chi connectivity index (χ2v) is 4.18. The molecule has 0 aromatic heterocycles. The summed E-state index contributed by atoms with van der Waals surface area (Å²) in [5.41, 5.74) is 0.154. The first-order chi connectivity index (χ1) is 9.94. The smallest absolute Gasteiger partial charge is 0.305 e. The molecule has 0 fully saturated rings. The van der Waals surface area contributed by atoms with Gasteiger partial charge in [0.15, 0.2) is 11.5 Å². The van der Waals surface area contributed by atoms with Crippen LogP contribution in [0.1, 0.15) is 13.3 Å². The summed E-state index contributed by atoms with van der Waals surface area (Å²) in [5.74, 6) is -0.356. The Morgan fingerprint density at radius 1 is 1.33 bits per heavy atom. The first-order valence-corrected chi connectivity index (χ1v) is 6.31. The van der Waals surface area contributed by atoms with E-state index in [9.17, 15) is 14.9 Å². The fourth-order valence-electron chi connectivity index (χ4n) is 1.94. The van der Waals surface area contributed by atoms with Crippen LogP contribution in [0.25, 0.3) is 0 Å². The van der Waals surface area contributed by atoms with Crippen LogP contribution in [0.15, 0.2) is 12.1 Å². The fraction of sp³-hybridized carbons (Fsp3) is 0.462. The lowest BCUT2D eigenvalue weighted by Crippen LogP contribution is -2.26. The van der Waals surface area contributed by atoms with Crippen LogP contribution in [-0.2, 0) is 4.79 Å². The molecule has 1 aromatic carbocycles. The summed E-state index contributed by atoms with van der Waals surface area (Å²) in [7, 11) is 2.82. The van der Waals surface area contributed by atoms with Crippen LogP contribution in [-0.4, -0.2) is 43.3 Å². The lowest BCUT2D eigenvalue weighted by molar-refractivity contribution is -0.384. The maximum Gasteiger partial charge on any atom is 0.305 e. The first-order valence-electron chi connectivity index (χ1n) is 6.31. The molecule has 1 rings (SSSR count). The summed E-state index contributed by atoms with van der Waals surface area (Å²) in [5, 5.41) is 20.0. The Hall–Kier alpha value is -2.51. The molecular weight excluding hydrogens is 280 g/mol. The second-order valence-electron chi connectivity index (χ2n) is 4.18. The maximum absolute atomic E-state index is 11.2. The van der Waals surface area contributed by atoms with Crippen molar-refractivity contribution in [2.75, 3.05) is 32.2 Å². The largest absolute Gasteiger partial charge is 0.493 e. The van der Waals surface area contributed by atoms with Gasteiger partial charge in [-0.05, 0) is 6.92 Å². The number of hydrogen-bond donors (Lipinski definition) is 1. The zero-order valence-electron chi connectivity index (χ0n) is 12.2. The predicted octanol–water partition coefficient (Wildman–Crippen LogP) is 1.91. The number of nitro benzene ring substituents is 1. The number of benzene rings is 1. The molecule has 0 heterocycles. The number of methoxy groups -OCH3 is 2. The minimum atomic E-state index is -0.962. The number of hydrogen-bond acceptors (Lipinski definition) is 6. The summed E-state index contributed by atoms with van der Waals surface area (Å²) in [6.07, 6.45) is -0.112. The van der Waals surface area contributed by atoms with Crippen LogP contribution < -0.4 is 14.4 Å². The van der Waals surface area contributed by atoms with Crippen molar-refractivity contribution in [2.45, 2.75) is 13.3 Å². The lowest BCUT2D eigenvalue weighted by Gasteiger charge is -2.23. The molecule has 0 amide bonds. The molecule has 1 aromatic rings. The summed E-state index contributed by atoms with van der Waals surface area (Å²) < 4.78 is 10.2. The highest BCUT2D eigenvalue weighted by Gasteiger charge is 2.23. The molecule has 8 heteroatoms. The molecular formula is C13H18N2O6. The van der Waals surface area contributed by atoms with E-state index in [-0.39, 0.29) is 24.4 Å². The monoisotopic (exact) mass is 298 g/mol. The topological polar surface area (TPSA) is 102 Å². The Balaban J connectivity index is 3.29. The van der Waals surface area contributed by atoms with Crippen molar-refractivity contribution in [1.29, 1.82) is 0 Å². The number of carboxylic acids is 1. The standard InChI is InChI=1S/C13H18N2O6/c1-4-14(6-5-13(16)17)9-7-11(20-2)12(21-3)8-10(9)15(18)19/h7-8H,4-6H2,1-3H3,(H,16,17). The number of carbonyl (C=O) groups is 1. The van der Waals surface area contributed by atoms with Crippen molar-refractivity contribution < 1.29 is 24.3 Å². The van der Waals surface area contributed by atoms with Gasteiger partial charge in [0.2, 0.25) is 0 Å². The van der Waals surface area contributed by atoms with E-state index < -0.39 is 10.9 Å². The van der Waals surface area contributed by atoms with Crippen LogP contribution in [0.4, 0.5) is 11.4 Å². The average molecular weight is 298 g/mol. The van der Waals surface area contributed by atoms with Crippen LogP contribution in [0.3, 0.4) is 0 Å². The fourth-order valence-corrected chi connectivity index (χ4v) is 1.94. The number of aliphatic carboxylic acids is 1. The maximum atomic E-state index is 11.2. The highest BCUT2D eigenvalue weighted by atomic mass is 16.6. The minimum Gasteiger partial charge on any atom is -0.493 e. The van der Waals surface area contributed by atoms with E-state index in [0.717, 1.165) is 0 Å². The van der Waals surface area contributed by atoms with Gasteiger partial charge in [-0.3, -0.25) is 14.9 Å². The van der Waals surface area contributed by atoms with Crippen molar-refractivity contribution in [1.82, 2.24) is 0 Å². The number of anilines is 1. The Kier molecular flexibility index (Phi) is 5.77. The SMILES string of the molecule is CCN(CCC(=O)O)c1cc(OC)c(OC)cc1[N+](=O)[O-]. The molecule has 0 bridgehead atoms. The molecule has 0 aliphatic heterocycles. The zero-order valence-corrected chi connectivity index (χ0v) is 12.2. The molecule has 0 saturated carbocycles.